The number of amides is 1. The maximum absolute atomic E-state index is 13.4. The van der Waals surface area contributed by atoms with Crippen LogP contribution in [0.4, 0.5) is 0 Å². The summed E-state index contributed by atoms with van der Waals surface area (Å²) >= 11 is 0. The summed E-state index contributed by atoms with van der Waals surface area (Å²) in [6.45, 7) is 7.86. The van der Waals surface area contributed by atoms with Crippen molar-refractivity contribution >= 4 is 11.7 Å². The smallest absolute Gasteiger partial charge is 0.248 e. The highest BCUT2D eigenvalue weighted by Gasteiger charge is 2.66. The Hall–Kier alpha value is -1.28. The van der Waals surface area contributed by atoms with Crippen LogP contribution in [0.2, 0.25) is 0 Å². The van der Waals surface area contributed by atoms with E-state index in [2.05, 4.69) is 20.8 Å². The van der Waals surface area contributed by atoms with E-state index in [4.69, 9.17) is 9.47 Å². The van der Waals surface area contributed by atoms with Gasteiger partial charge in [0.05, 0.1) is 17.8 Å². The number of carbonyl (C=O) groups is 2. The van der Waals surface area contributed by atoms with Crippen LogP contribution in [0.25, 0.3) is 0 Å². The number of rotatable bonds is 6. The minimum absolute atomic E-state index is 0.0311. The third-order valence-electron chi connectivity index (χ3n) is 11.2. The van der Waals surface area contributed by atoms with Crippen LogP contribution in [-0.2, 0) is 19.1 Å². The Balaban J connectivity index is 1.44. The van der Waals surface area contributed by atoms with Gasteiger partial charge in [-0.3, -0.25) is 9.59 Å². The van der Waals surface area contributed by atoms with Gasteiger partial charge in [-0.05, 0) is 93.6 Å². The number of nitrogens with zero attached hydrogens (tertiary/aromatic N) is 1. The van der Waals surface area contributed by atoms with Crippen molar-refractivity contribution < 1.29 is 29.3 Å². The minimum Gasteiger partial charge on any atom is -0.393 e. The average Bonchev–Trinajstić information content (AvgIpc) is 3.44. The maximum atomic E-state index is 13.4. The van der Waals surface area contributed by atoms with Gasteiger partial charge in [0.25, 0.3) is 0 Å². The van der Waals surface area contributed by atoms with Crippen molar-refractivity contribution in [3.8, 4) is 0 Å². The van der Waals surface area contributed by atoms with E-state index in [1.165, 1.54) is 0 Å². The van der Waals surface area contributed by atoms with Gasteiger partial charge in [0.2, 0.25) is 5.91 Å². The topological polar surface area (TPSA) is 96.3 Å². The number of allylic oxidation sites excluding steroid dienone is 1. The van der Waals surface area contributed by atoms with Crippen molar-refractivity contribution in [2.45, 2.75) is 102 Å². The fourth-order valence-electron chi connectivity index (χ4n) is 9.06. The first-order valence-electron chi connectivity index (χ1n) is 14.1. The SMILES string of the molecule is COCC(=O)N(CC1CCCO1)C(C)C1CC[C@@]2(O)C3=CC(=O)C4CC(O)CCC4(C)C3CCC12C. The first-order valence-corrected chi connectivity index (χ1v) is 14.1. The molecule has 9 atom stereocenters. The normalized spacial score (nSPS) is 44.9. The van der Waals surface area contributed by atoms with Crippen molar-refractivity contribution in [3.05, 3.63) is 11.6 Å². The van der Waals surface area contributed by atoms with Crippen molar-refractivity contribution in [2.75, 3.05) is 26.9 Å². The van der Waals surface area contributed by atoms with Crippen LogP contribution < -0.4 is 0 Å². The molecule has 1 amide bonds. The molecule has 202 valence electrons. The van der Waals surface area contributed by atoms with E-state index >= 15 is 0 Å². The van der Waals surface area contributed by atoms with Gasteiger partial charge in [-0.1, -0.05) is 13.8 Å². The summed E-state index contributed by atoms with van der Waals surface area (Å²) in [6, 6.07) is -0.0690. The van der Waals surface area contributed by atoms with Crippen molar-refractivity contribution in [1.29, 1.82) is 0 Å². The van der Waals surface area contributed by atoms with Crippen LogP contribution in [0.3, 0.4) is 0 Å². The number of ether oxygens (including phenoxy) is 2. The van der Waals surface area contributed by atoms with Crippen molar-refractivity contribution in [1.82, 2.24) is 4.90 Å². The monoisotopic (exact) mass is 503 g/mol. The number of aliphatic hydroxyl groups excluding tert-OH is 1. The molecule has 4 aliphatic carbocycles. The fraction of sp³-hybridized carbons (Fsp3) is 0.862. The van der Waals surface area contributed by atoms with E-state index in [1.54, 1.807) is 13.2 Å². The lowest BCUT2D eigenvalue weighted by Gasteiger charge is -2.60. The predicted octanol–water partition coefficient (Wildman–Crippen LogP) is 3.26. The zero-order chi connectivity index (χ0) is 25.9. The predicted molar refractivity (Wildman–Crippen MR) is 135 cm³/mol. The lowest BCUT2D eigenvalue weighted by Crippen LogP contribution is -2.60. The highest BCUT2D eigenvalue weighted by Crippen LogP contribution is 2.67. The van der Waals surface area contributed by atoms with Gasteiger partial charge in [0, 0.05) is 37.6 Å². The number of methoxy groups -OCH3 is 1. The summed E-state index contributed by atoms with van der Waals surface area (Å²) in [5.41, 5.74) is -0.746. The van der Waals surface area contributed by atoms with Gasteiger partial charge >= 0.3 is 0 Å². The largest absolute Gasteiger partial charge is 0.393 e. The van der Waals surface area contributed by atoms with Crippen LogP contribution in [0.1, 0.15) is 78.6 Å². The van der Waals surface area contributed by atoms with Crippen LogP contribution in [0, 0.1) is 28.6 Å². The van der Waals surface area contributed by atoms with E-state index in [0.717, 1.165) is 57.1 Å². The lowest BCUT2D eigenvalue weighted by molar-refractivity contribution is -0.148. The molecule has 8 unspecified atom stereocenters. The molecule has 5 rings (SSSR count). The molecule has 1 saturated heterocycles. The third-order valence-corrected chi connectivity index (χ3v) is 11.2. The van der Waals surface area contributed by atoms with Crippen LogP contribution in [0.15, 0.2) is 11.6 Å². The Morgan fingerprint density at radius 2 is 1.97 bits per heavy atom. The Bertz CT molecular complexity index is 913. The highest BCUT2D eigenvalue weighted by molar-refractivity contribution is 5.95. The molecule has 1 aliphatic heterocycles. The Kier molecular flexibility index (Phi) is 6.93. The Morgan fingerprint density at radius 1 is 1.19 bits per heavy atom. The zero-order valence-electron chi connectivity index (χ0n) is 22.5. The summed E-state index contributed by atoms with van der Waals surface area (Å²) < 4.78 is 11.1. The summed E-state index contributed by atoms with van der Waals surface area (Å²) in [5, 5.41) is 22.7. The number of aliphatic hydroxyl groups is 2. The number of hydrogen-bond acceptors (Lipinski definition) is 6. The van der Waals surface area contributed by atoms with Gasteiger partial charge in [0.1, 0.15) is 6.61 Å². The van der Waals surface area contributed by atoms with Crippen molar-refractivity contribution in [3.63, 3.8) is 0 Å². The molecule has 5 aliphatic rings. The van der Waals surface area contributed by atoms with E-state index in [9.17, 15) is 19.8 Å². The van der Waals surface area contributed by atoms with E-state index in [1.807, 2.05) is 4.90 Å². The molecule has 7 heteroatoms. The molecule has 7 nitrogen and oxygen atoms in total. The first kappa shape index (κ1) is 26.3. The average molecular weight is 504 g/mol. The number of fused-ring (bicyclic) bond motifs is 5. The second-order valence-corrected chi connectivity index (χ2v) is 12.9. The van der Waals surface area contributed by atoms with Crippen LogP contribution in [0.5, 0.6) is 0 Å². The molecule has 4 fully saturated rings. The van der Waals surface area contributed by atoms with E-state index < -0.39 is 17.1 Å². The first-order chi connectivity index (χ1) is 17.0. The van der Waals surface area contributed by atoms with Crippen LogP contribution >= 0.6 is 0 Å². The molecule has 36 heavy (non-hydrogen) atoms. The van der Waals surface area contributed by atoms with Gasteiger partial charge < -0.3 is 24.6 Å². The standard InChI is InChI=1S/C29H45NO6/c1-18(30(26(33)17-35-4)16-20-6-5-13-36-20)21-9-12-29(34)23-15-25(32)24-14-19(31)7-10-27(24,2)22(23)8-11-28(21,29)3/h15,18-22,24,31,34H,5-14,16-17H2,1-4H3/t18?,19?,20?,21?,22?,24?,27?,28?,29-/m1/s1. The van der Waals surface area contributed by atoms with E-state index in [0.29, 0.717) is 19.4 Å². The number of hydrogen-bond donors (Lipinski definition) is 2. The van der Waals surface area contributed by atoms with Gasteiger partial charge in [0.15, 0.2) is 5.78 Å². The fourth-order valence-corrected chi connectivity index (χ4v) is 9.06. The van der Waals surface area contributed by atoms with Gasteiger partial charge in [-0.2, -0.15) is 0 Å². The number of ketones is 1. The second kappa shape index (κ2) is 9.48. The molecule has 0 spiro atoms. The molecule has 2 N–H and O–H groups in total. The molecule has 0 aromatic rings. The molecule has 0 aromatic carbocycles. The quantitative estimate of drug-likeness (QED) is 0.578. The molecular weight excluding hydrogens is 458 g/mol. The molecule has 0 bridgehead atoms. The maximum Gasteiger partial charge on any atom is 0.248 e. The Morgan fingerprint density at radius 3 is 2.67 bits per heavy atom. The second-order valence-electron chi connectivity index (χ2n) is 12.9. The minimum atomic E-state index is -1.05. The Labute approximate surface area is 215 Å². The van der Waals surface area contributed by atoms with E-state index in [-0.39, 0.29) is 53.6 Å². The molecule has 1 heterocycles. The summed E-state index contributed by atoms with van der Waals surface area (Å²) in [5.74, 6) is 0.161. The molecule has 0 aromatic heterocycles. The van der Waals surface area contributed by atoms with Gasteiger partial charge in [-0.25, -0.2) is 0 Å². The zero-order valence-corrected chi connectivity index (χ0v) is 22.5. The molecule has 0 radical (unpaired) electrons. The molecule has 3 saturated carbocycles. The molecular formula is C29H45NO6. The lowest BCUT2D eigenvalue weighted by atomic mass is 9.46. The number of carbonyl (C=O) groups excluding carboxylic acids is 2. The highest BCUT2D eigenvalue weighted by atomic mass is 16.5. The third kappa shape index (κ3) is 3.91. The summed E-state index contributed by atoms with van der Waals surface area (Å²) in [4.78, 5) is 28.5. The van der Waals surface area contributed by atoms with Crippen molar-refractivity contribution in [2.24, 2.45) is 28.6 Å². The summed E-state index contributed by atoms with van der Waals surface area (Å²) in [7, 11) is 1.55. The van der Waals surface area contributed by atoms with Gasteiger partial charge in [-0.15, -0.1) is 0 Å². The summed E-state index contributed by atoms with van der Waals surface area (Å²) in [6.07, 6.45) is 8.69. The van der Waals surface area contributed by atoms with Crippen LogP contribution in [-0.4, -0.2) is 77.5 Å².